The lowest BCUT2D eigenvalue weighted by Crippen LogP contribution is -2.30. The van der Waals surface area contributed by atoms with Crippen molar-refractivity contribution in [2.24, 2.45) is 5.10 Å². The molecular weight excluding hydrogens is 468 g/mol. The first-order valence-electron chi connectivity index (χ1n) is 10.1. The maximum Gasteiger partial charge on any atom is 0.308 e. The molecule has 184 valence electrons. The fourth-order valence-corrected chi connectivity index (χ4v) is 4.50. The van der Waals surface area contributed by atoms with Crippen molar-refractivity contribution in [2.75, 3.05) is 32.7 Å². The molecule has 0 atom stereocenters. The number of hydrazone groups is 1. The van der Waals surface area contributed by atoms with Crippen LogP contribution in [0.3, 0.4) is 0 Å². The van der Waals surface area contributed by atoms with Gasteiger partial charge in [0.25, 0.3) is 5.69 Å². The molecule has 0 fully saturated rings. The SMILES string of the molecule is CCN(CC)S(=O)(=O)c1ccc(N/N=C/c2cc(OC)c(OC(C)=O)c(OC)c2)c([N+](=O)[O-])c1. The summed E-state index contributed by atoms with van der Waals surface area (Å²) in [6.07, 6.45) is 1.34. The summed E-state index contributed by atoms with van der Waals surface area (Å²) in [5.41, 5.74) is 2.57. The molecule has 2 rings (SSSR count). The minimum Gasteiger partial charge on any atom is -0.493 e. The van der Waals surface area contributed by atoms with Crippen LogP contribution in [0.1, 0.15) is 26.3 Å². The fraction of sp³-hybridized carbons (Fsp3) is 0.333. The monoisotopic (exact) mass is 494 g/mol. The molecule has 12 nitrogen and oxygen atoms in total. The van der Waals surface area contributed by atoms with Gasteiger partial charge in [0, 0.05) is 31.6 Å². The highest BCUT2D eigenvalue weighted by atomic mass is 32.2. The van der Waals surface area contributed by atoms with E-state index in [9.17, 15) is 23.3 Å². The average Bonchev–Trinajstić information content (AvgIpc) is 2.79. The second-order valence-corrected chi connectivity index (χ2v) is 8.68. The molecule has 0 radical (unpaired) electrons. The number of sulfonamides is 1. The summed E-state index contributed by atoms with van der Waals surface area (Å²) in [7, 11) is -1.09. The number of esters is 1. The highest BCUT2D eigenvalue weighted by molar-refractivity contribution is 7.89. The van der Waals surface area contributed by atoms with Crippen LogP contribution in [0.4, 0.5) is 11.4 Å². The lowest BCUT2D eigenvalue weighted by Gasteiger charge is -2.18. The second-order valence-electron chi connectivity index (χ2n) is 6.74. The predicted octanol–water partition coefficient (Wildman–Crippen LogP) is 3.01. The summed E-state index contributed by atoms with van der Waals surface area (Å²) < 4.78 is 42.2. The van der Waals surface area contributed by atoms with Crippen LogP contribution >= 0.6 is 0 Å². The summed E-state index contributed by atoms with van der Waals surface area (Å²) >= 11 is 0. The van der Waals surface area contributed by atoms with Crippen LogP contribution < -0.4 is 19.6 Å². The lowest BCUT2D eigenvalue weighted by atomic mass is 10.2. The van der Waals surface area contributed by atoms with Crippen LogP contribution in [0, 0.1) is 10.1 Å². The number of hydrogen-bond donors (Lipinski definition) is 1. The topological polar surface area (TPSA) is 150 Å². The third-order valence-electron chi connectivity index (χ3n) is 4.64. The van der Waals surface area contributed by atoms with Crippen molar-refractivity contribution in [2.45, 2.75) is 25.7 Å². The summed E-state index contributed by atoms with van der Waals surface area (Å²) in [6.45, 7) is 5.08. The molecule has 0 saturated carbocycles. The van der Waals surface area contributed by atoms with Crippen molar-refractivity contribution in [3.05, 3.63) is 46.0 Å². The molecule has 0 bridgehead atoms. The molecule has 34 heavy (non-hydrogen) atoms. The van der Waals surface area contributed by atoms with Gasteiger partial charge in [-0.05, 0) is 24.3 Å². The molecule has 0 spiro atoms. The number of methoxy groups -OCH3 is 2. The van der Waals surface area contributed by atoms with Gasteiger partial charge in [0.05, 0.1) is 30.3 Å². The molecule has 0 heterocycles. The van der Waals surface area contributed by atoms with Crippen LogP contribution in [-0.2, 0) is 14.8 Å². The van der Waals surface area contributed by atoms with Crippen molar-refractivity contribution in [1.82, 2.24) is 4.31 Å². The van der Waals surface area contributed by atoms with Gasteiger partial charge in [0.15, 0.2) is 11.5 Å². The zero-order valence-corrected chi connectivity index (χ0v) is 20.2. The number of nitro benzene ring substituents is 1. The number of hydrogen-bond acceptors (Lipinski definition) is 10. The number of benzene rings is 2. The van der Waals surface area contributed by atoms with E-state index < -0.39 is 26.6 Å². The molecule has 13 heteroatoms. The highest BCUT2D eigenvalue weighted by Crippen LogP contribution is 2.38. The van der Waals surface area contributed by atoms with Crippen molar-refractivity contribution in [3.8, 4) is 17.2 Å². The normalized spacial score (nSPS) is 11.5. The molecule has 2 aromatic rings. The Bertz CT molecular complexity index is 1170. The number of rotatable bonds is 11. The smallest absolute Gasteiger partial charge is 0.308 e. The molecule has 0 aromatic heterocycles. The zero-order chi connectivity index (χ0) is 25.5. The first-order valence-corrected chi connectivity index (χ1v) is 11.5. The third-order valence-corrected chi connectivity index (χ3v) is 6.68. The number of nitrogens with one attached hydrogen (secondary N) is 1. The molecule has 2 aromatic carbocycles. The Morgan fingerprint density at radius 2 is 1.74 bits per heavy atom. The summed E-state index contributed by atoms with van der Waals surface area (Å²) in [5.74, 6) is -0.0254. The van der Waals surface area contributed by atoms with E-state index in [2.05, 4.69) is 10.5 Å². The predicted molar refractivity (Wildman–Crippen MR) is 125 cm³/mol. The van der Waals surface area contributed by atoms with E-state index in [0.29, 0.717) is 5.56 Å². The molecule has 1 N–H and O–H groups in total. The zero-order valence-electron chi connectivity index (χ0n) is 19.4. The number of nitrogens with zero attached hydrogens (tertiary/aromatic N) is 3. The number of anilines is 1. The van der Waals surface area contributed by atoms with Crippen molar-refractivity contribution in [1.29, 1.82) is 0 Å². The number of nitro groups is 1. The Balaban J connectivity index is 2.37. The van der Waals surface area contributed by atoms with E-state index in [4.69, 9.17) is 14.2 Å². The first kappa shape index (κ1) is 26.5. The molecule has 0 saturated heterocycles. The van der Waals surface area contributed by atoms with Crippen molar-refractivity contribution < 1.29 is 32.3 Å². The summed E-state index contributed by atoms with van der Waals surface area (Å²) in [6, 6.07) is 6.60. The van der Waals surface area contributed by atoms with Gasteiger partial charge in [-0.3, -0.25) is 20.3 Å². The van der Waals surface area contributed by atoms with E-state index in [1.54, 1.807) is 13.8 Å². The van der Waals surface area contributed by atoms with E-state index in [-0.39, 0.29) is 40.9 Å². The Morgan fingerprint density at radius 3 is 2.21 bits per heavy atom. The Hall–Kier alpha value is -3.71. The molecule has 0 amide bonds. The van der Waals surface area contributed by atoms with Crippen LogP contribution in [-0.4, -0.2) is 57.1 Å². The fourth-order valence-electron chi connectivity index (χ4n) is 3.03. The van der Waals surface area contributed by atoms with Gasteiger partial charge in [0.1, 0.15) is 5.69 Å². The van der Waals surface area contributed by atoms with E-state index in [0.717, 1.165) is 6.07 Å². The van der Waals surface area contributed by atoms with Gasteiger partial charge in [-0.25, -0.2) is 8.42 Å². The van der Waals surface area contributed by atoms with Gasteiger partial charge >= 0.3 is 5.97 Å². The lowest BCUT2D eigenvalue weighted by molar-refractivity contribution is -0.384. The van der Waals surface area contributed by atoms with Crippen LogP contribution in [0.5, 0.6) is 17.2 Å². The van der Waals surface area contributed by atoms with Crippen molar-refractivity contribution in [3.63, 3.8) is 0 Å². The minimum atomic E-state index is -3.87. The van der Waals surface area contributed by atoms with Crippen LogP contribution in [0.15, 0.2) is 40.3 Å². The molecular formula is C21H26N4O8S. The summed E-state index contributed by atoms with van der Waals surface area (Å²) in [4.78, 5) is 22.0. The number of carbonyl (C=O) groups is 1. The Kier molecular flexibility index (Phi) is 8.92. The van der Waals surface area contributed by atoms with Crippen LogP contribution in [0.2, 0.25) is 0 Å². The van der Waals surface area contributed by atoms with E-state index >= 15 is 0 Å². The van der Waals surface area contributed by atoms with Crippen LogP contribution in [0.25, 0.3) is 0 Å². The van der Waals surface area contributed by atoms with Gasteiger partial charge in [-0.15, -0.1) is 0 Å². The van der Waals surface area contributed by atoms with Gasteiger partial charge < -0.3 is 14.2 Å². The highest BCUT2D eigenvalue weighted by Gasteiger charge is 2.25. The Morgan fingerprint density at radius 1 is 1.15 bits per heavy atom. The Labute approximate surface area is 197 Å². The second kappa shape index (κ2) is 11.4. The maximum absolute atomic E-state index is 12.7. The van der Waals surface area contributed by atoms with E-state index in [1.165, 1.54) is 55.9 Å². The van der Waals surface area contributed by atoms with Gasteiger partial charge in [-0.1, -0.05) is 13.8 Å². The van der Waals surface area contributed by atoms with Gasteiger partial charge in [0.2, 0.25) is 15.8 Å². The number of ether oxygens (including phenoxy) is 3. The molecule has 0 unspecified atom stereocenters. The quantitative estimate of drug-likeness (QED) is 0.163. The molecule has 0 aliphatic heterocycles. The minimum absolute atomic E-state index is 0.00444. The molecule has 0 aliphatic carbocycles. The largest absolute Gasteiger partial charge is 0.493 e. The first-order chi connectivity index (χ1) is 16.1. The maximum atomic E-state index is 12.7. The third kappa shape index (κ3) is 5.99. The molecule has 0 aliphatic rings. The number of carbonyl (C=O) groups excluding carboxylic acids is 1. The standard InChI is InChI=1S/C21H26N4O8S/c1-6-24(7-2)34(29,30)16-8-9-17(18(12-16)25(27)28)23-22-13-15-10-19(31-4)21(33-14(3)26)20(11-15)32-5/h8-13,23H,6-7H2,1-5H3/b22-13+. The van der Waals surface area contributed by atoms with Crippen molar-refractivity contribution >= 4 is 33.6 Å². The summed E-state index contributed by atoms with van der Waals surface area (Å²) in [5, 5.41) is 15.6. The average molecular weight is 495 g/mol. The van der Waals surface area contributed by atoms with E-state index in [1.807, 2.05) is 0 Å². The van der Waals surface area contributed by atoms with Gasteiger partial charge in [-0.2, -0.15) is 9.41 Å².